The minimum atomic E-state index is 0.650. The Labute approximate surface area is 138 Å². The van der Waals surface area contributed by atoms with E-state index in [0.717, 1.165) is 42.5 Å². The van der Waals surface area contributed by atoms with Crippen molar-refractivity contribution in [3.05, 3.63) is 34.9 Å². The smallest absolute Gasteiger partial charge is 0.191 e. The number of ether oxygens (including phenoxy) is 2. The fourth-order valence-corrected chi connectivity index (χ4v) is 2.02. The van der Waals surface area contributed by atoms with Crippen LogP contribution < -0.4 is 10.6 Å². The average molecular weight is 328 g/mol. The van der Waals surface area contributed by atoms with Crippen molar-refractivity contribution >= 4 is 17.6 Å². The standard InChI is InChI=1S/C16H26ClN3O2/c1-18-16(19-9-5-6-10-22-12-11-21-2)20-13-14-7-3-4-8-15(14)17/h3-4,7-8H,5-6,9-13H2,1-2H3,(H2,18,19,20). The zero-order chi connectivity index (χ0) is 16.0. The van der Waals surface area contributed by atoms with Gasteiger partial charge < -0.3 is 20.1 Å². The first-order valence-corrected chi connectivity index (χ1v) is 7.90. The molecular formula is C16H26ClN3O2. The molecule has 5 nitrogen and oxygen atoms in total. The second kappa shape index (κ2) is 12.3. The third-order valence-corrected chi connectivity index (χ3v) is 3.44. The second-order valence-corrected chi connectivity index (χ2v) is 5.16. The third-order valence-electron chi connectivity index (χ3n) is 3.07. The molecule has 0 aliphatic heterocycles. The SMILES string of the molecule is CN=C(NCCCCOCCOC)NCc1ccccc1Cl. The van der Waals surface area contributed by atoms with Gasteiger partial charge in [0, 0.05) is 38.9 Å². The zero-order valence-electron chi connectivity index (χ0n) is 13.4. The number of aliphatic imine (C=N–C) groups is 1. The molecule has 1 aromatic rings. The van der Waals surface area contributed by atoms with E-state index in [4.69, 9.17) is 21.1 Å². The number of halogens is 1. The van der Waals surface area contributed by atoms with Crippen molar-refractivity contribution in [3.63, 3.8) is 0 Å². The van der Waals surface area contributed by atoms with Crippen LogP contribution in [0.15, 0.2) is 29.3 Å². The first-order chi connectivity index (χ1) is 10.8. The van der Waals surface area contributed by atoms with Crippen LogP contribution >= 0.6 is 11.6 Å². The van der Waals surface area contributed by atoms with Gasteiger partial charge in [-0.3, -0.25) is 4.99 Å². The molecule has 0 aliphatic rings. The Kier molecular flexibility index (Phi) is 10.5. The van der Waals surface area contributed by atoms with Gasteiger partial charge in [0.1, 0.15) is 0 Å². The van der Waals surface area contributed by atoms with Crippen LogP contribution in [0.4, 0.5) is 0 Å². The van der Waals surface area contributed by atoms with Crippen molar-refractivity contribution in [1.29, 1.82) is 0 Å². The minimum absolute atomic E-state index is 0.650. The molecular weight excluding hydrogens is 302 g/mol. The summed E-state index contributed by atoms with van der Waals surface area (Å²) >= 11 is 6.13. The Balaban J connectivity index is 2.12. The van der Waals surface area contributed by atoms with E-state index in [-0.39, 0.29) is 0 Å². The van der Waals surface area contributed by atoms with Crippen molar-refractivity contribution < 1.29 is 9.47 Å². The van der Waals surface area contributed by atoms with E-state index in [1.54, 1.807) is 14.2 Å². The van der Waals surface area contributed by atoms with Crippen LogP contribution in [-0.2, 0) is 16.0 Å². The summed E-state index contributed by atoms with van der Waals surface area (Å²) in [7, 11) is 3.43. The molecule has 0 heterocycles. The number of hydrogen-bond acceptors (Lipinski definition) is 3. The maximum atomic E-state index is 6.13. The van der Waals surface area contributed by atoms with Gasteiger partial charge >= 0.3 is 0 Å². The molecule has 6 heteroatoms. The van der Waals surface area contributed by atoms with Crippen molar-refractivity contribution in [2.45, 2.75) is 19.4 Å². The van der Waals surface area contributed by atoms with Gasteiger partial charge in [-0.05, 0) is 24.5 Å². The van der Waals surface area contributed by atoms with Crippen molar-refractivity contribution in [1.82, 2.24) is 10.6 Å². The van der Waals surface area contributed by atoms with E-state index in [2.05, 4.69) is 15.6 Å². The van der Waals surface area contributed by atoms with Crippen LogP contribution in [0.25, 0.3) is 0 Å². The Morgan fingerprint density at radius 1 is 1.14 bits per heavy atom. The number of hydrogen-bond donors (Lipinski definition) is 2. The summed E-state index contributed by atoms with van der Waals surface area (Å²) in [5, 5.41) is 7.29. The molecule has 0 unspecified atom stereocenters. The Morgan fingerprint density at radius 2 is 1.95 bits per heavy atom. The predicted molar refractivity (Wildman–Crippen MR) is 91.6 cm³/mol. The van der Waals surface area contributed by atoms with E-state index in [1.165, 1.54) is 0 Å². The molecule has 0 aromatic heterocycles. The lowest BCUT2D eigenvalue weighted by Gasteiger charge is -2.12. The molecule has 0 amide bonds. The van der Waals surface area contributed by atoms with Gasteiger partial charge in [0.15, 0.2) is 5.96 Å². The van der Waals surface area contributed by atoms with Crippen LogP contribution in [0.3, 0.4) is 0 Å². The highest BCUT2D eigenvalue weighted by Crippen LogP contribution is 2.14. The molecule has 1 aromatic carbocycles. The van der Waals surface area contributed by atoms with E-state index >= 15 is 0 Å². The first kappa shape index (κ1) is 18.7. The molecule has 0 radical (unpaired) electrons. The first-order valence-electron chi connectivity index (χ1n) is 7.52. The van der Waals surface area contributed by atoms with Crippen LogP contribution in [0.2, 0.25) is 5.02 Å². The lowest BCUT2D eigenvalue weighted by Crippen LogP contribution is -2.37. The molecule has 1 rings (SSSR count). The average Bonchev–Trinajstić information content (AvgIpc) is 2.54. The number of nitrogens with zero attached hydrogens (tertiary/aromatic N) is 1. The van der Waals surface area contributed by atoms with Crippen LogP contribution in [0, 0.1) is 0 Å². The van der Waals surface area contributed by atoms with E-state index < -0.39 is 0 Å². The van der Waals surface area contributed by atoms with Gasteiger partial charge in [0.2, 0.25) is 0 Å². The molecule has 22 heavy (non-hydrogen) atoms. The minimum Gasteiger partial charge on any atom is -0.382 e. The Morgan fingerprint density at radius 3 is 2.68 bits per heavy atom. The number of guanidine groups is 1. The summed E-state index contributed by atoms with van der Waals surface area (Å²) in [5.74, 6) is 0.778. The normalized spacial score (nSPS) is 11.5. The van der Waals surface area contributed by atoms with Crippen molar-refractivity contribution in [2.75, 3.05) is 40.5 Å². The molecule has 0 bridgehead atoms. The highest BCUT2D eigenvalue weighted by atomic mass is 35.5. The fraction of sp³-hybridized carbons (Fsp3) is 0.562. The maximum absolute atomic E-state index is 6.13. The molecule has 124 valence electrons. The summed E-state index contributed by atoms with van der Waals surface area (Å²) < 4.78 is 10.3. The summed E-state index contributed by atoms with van der Waals surface area (Å²) in [4.78, 5) is 4.19. The van der Waals surface area contributed by atoms with Crippen LogP contribution in [-0.4, -0.2) is 46.5 Å². The monoisotopic (exact) mass is 327 g/mol. The highest BCUT2D eigenvalue weighted by molar-refractivity contribution is 6.31. The molecule has 0 saturated carbocycles. The van der Waals surface area contributed by atoms with Crippen molar-refractivity contribution in [3.8, 4) is 0 Å². The van der Waals surface area contributed by atoms with Gasteiger partial charge in [-0.2, -0.15) is 0 Å². The second-order valence-electron chi connectivity index (χ2n) is 4.76. The van der Waals surface area contributed by atoms with Gasteiger partial charge in [-0.1, -0.05) is 29.8 Å². The van der Waals surface area contributed by atoms with Crippen molar-refractivity contribution in [2.24, 2.45) is 4.99 Å². The van der Waals surface area contributed by atoms with Gasteiger partial charge in [-0.25, -0.2) is 0 Å². The van der Waals surface area contributed by atoms with Gasteiger partial charge in [-0.15, -0.1) is 0 Å². The number of nitrogens with one attached hydrogen (secondary N) is 2. The highest BCUT2D eigenvalue weighted by Gasteiger charge is 2.01. The molecule has 0 saturated heterocycles. The Hall–Kier alpha value is -1.30. The number of methoxy groups -OCH3 is 1. The number of rotatable bonds is 10. The lowest BCUT2D eigenvalue weighted by atomic mass is 10.2. The lowest BCUT2D eigenvalue weighted by molar-refractivity contribution is 0.0689. The molecule has 0 aliphatic carbocycles. The quantitative estimate of drug-likeness (QED) is 0.394. The van der Waals surface area contributed by atoms with E-state index in [0.29, 0.717) is 19.8 Å². The van der Waals surface area contributed by atoms with Gasteiger partial charge in [0.05, 0.1) is 13.2 Å². The zero-order valence-corrected chi connectivity index (χ0v) is 14.2. The summed E-state index contributed by atoms with van der Waals surface area (Å²) in [6.45, 7) is 3.58. The van der Waals surface area contributed by atoms with Gasteiger partial charge in [0.25, 0.3) is 0 Å². The number of benzene rings is 1. The molecule has 2 N–H and O–H groups in total. The Bertz CT molecular complexity index is 441. The molecule has 0 spiro atoms. The third kappa shape index (κ3) is 8.22. The van der Waals surface area contributed by atoms with E-state index in [9.17, 15) is 0 Å². The summed E-state index contributed by atoms with van der Waals surface area (Å²) in [5.41, 5.74) is 1.05. The maximum Gasteiger partial charge on any atom is 0.191 e. The summed E-state index contributed by atoms with van der Waals surface area (Å²) in [6.07, 6.45) is 2.04. The predicted octanol–water partition coefficient (Wildman–Crippen LogP) is 2.45. The number of unbranched alkanes of at least 4 members (excludes halogenated alkanes) is 1. The van der Waals surface area contributed by atoms with E-state index in [1.807, 2.05) is 24.3 Å². The van der Waals surface area contributed by atoms with Crippen LogP contribution in [0.1, 0.15) is 18.4 Å². The molecule has 0 atom stereocenters. The topological polar surface area (TPSA) is 54.9 Å². The molecule has 0 fully saturated rings. The fourth-order valence-electron chi connectivity index (χ4n) is 1.82. The summed E-state index contributed by atoms with van der Waals surface area (Å²) in [6, 6.07) is 7.79. The largest absolute Gasteiger partial charge is 0.382 e. The van der Waals surface area contributed by atoms with Crippen LogP contribution in [0.5, 0.6) is 0 Å².